The molecule has 0 saturated heterocycles. The fourth-order valence-corrected chi connectivity index (χ4v) is 1.46. The molecule has 0 unspecified atom stereocenters. The average Bonchev–Trinajstić information content (AvgIpc) is 2.85. The molecular formula is C12H10N2O4. The van der Waals surface area contributed by atoms with Gasteiger partial charge in [-0.1, -0.05) is 0 Å². The lowest BCUT2D eigenvalue weighted by Crippen LogP contribution is -2.12. The van der Waals surface area contributed by atoms with Crippen molar-refractivity contribution >= 4 is 17.6 Å². The number of aromatic amines is 1. The molecule has 0 radical (unpaired) electrons. The van der Waals surface area contributed by atoms with Crippen LogP contribution in [0.25, 0.3) is 0 Å². The Balaban J connectivity index is 2.22. The van der Waals surface area contributed by atoms with Gasteiger partial charge in [0.25, 0.3) is 5.91 Å². The third kappa shape index (κ3) is 2.32. The molecule has 92 valence electrons. The van der Waals surface area contributed by atoms with E-state index in [9.17, 15) is 14.7 Å². The van der Waals surface area contributed by atoms with Crippen LogP contribution in [0.1, 0.15) is 20.8 Å². The maximum Gasteiger partial charge on any atom is 0.339 e. The van der Waals surface area contributed by atoms with E-state index in [-0.39, 0.29) is 17.2 Å². The van der Waals surface area contributed by atoms with E-state index >= 15 is 0 Å². The zero-order valence-corrected chi connectivity index (χ0v) is 9.18. The summed E-state index contributed by atoms with van der Waals surface area (Å²) in [4.78, 5) is 25.2. The Morgan fingerprint density at radius 2 is 2.00 bits per heavy atom. The fraction of sp³-hybridized carbons (Fsp3) is 0. The number of benzene rings is 1. The van der Waals surface area contributed by atoms with Gasteiger partial charge in [-0.25, -0.2) is 4.79 Å². The highest BCUT2D eigenvalue weighted by Crippen LogP contribution is 2.21. The van der Waals surface area contributed by atoms with Gasteiger partial charge < -0.3 is 20.5 Å². The molecule has 0 atom stereocenters. The molecule has 0 spiro atoms. The van der Waals surface area contributed by atoms with Crippen LogP contribution in [0.5, 0.6) is 5.75 Å². The number of phenols is 1. The van der Waals surface area contributed by atoms with Gasteiger partial charge in [0, 0.05) is 11.9 Å². The minimum Gasteiger partial charge on any atom is -0.507 e. The van der Waals surface area contributed by atoms with Crippen LogP contribution in [0.4, 0.5) is 5.69 Å². The van der Waals surface area contributed by atoms with Crippen molar-refractivity contribution in [1.29, 1.82) is 0 Å². The van der Waals surface area contributed by atoms with Crippen molar-refractivity contribution in [2.24, 2.45) is 0 Å². The highest BCUT2D eigenvalue weighted by molar-refractivity contribution is 6.03. The molecule has 1 aromatic carbocycles. The molecule has 2 aromatic rings. The zero-order chi connectivity index (χ0) is 13.1. The number of anilines is 1. The molecule has 1 amide bonds. The molecule has 1 heterocycles. The SMILES string of the molecule is O=C(Nc1ccc(O)c(C(=O)O)c1)c1ccc[nH]1. The number of aromatic hydroxyl groups is 1. The third-order valence-electron chi connectivity index (χ3n) is 2.33. The number of hydrogen-bond donors (Lipinski definition) is 4. The Kier molecular flexibility index (Phi) is 3.01. The van der Waals surface area contributed by atoms with Crippen LogP contribution < -0.4 is 5.32 Å². The van der Waals surface area contributed by atoms with Gasteiger partial charge in [0.15, 0.2) is 0 Å². The minimum absolute atomic E-state index is 0.265. The quantitative estimate of drug-likeness (QED) is 0.618. The van der Waals surface area contributed by atoms with Gasteiger partial charge in [0.05, 0.1) is 0 Å². The van der Waals surface area contributed by atoms with Crippen LogP contribution in [0, 0.1) is 0 Å². The molecule has 4 N–H and O–H groups in total. The van der Waals surface area contributed by atoms with Gasteiger partial charge in [-0.3, -0.25) is 4.79 Å². The first-order chi connectivity index (χ1) is 8.58. The topological polar surface area (TPSA) is 102 Å². The molecule has 2 rings (SSSR count). The Bertz CT molecular complexity index is 590. The molecule has 0 aliphatic carbocycles. The number of aromatic carboxylic acids is 1. The number of nitrogens with one attached hydrogen (secondary N) is 2. The van der Waals surface area contributed by atoms with Crippen LogP contribution in [0.2, 0.25) is 0 Å². The molecule has 0 aliphatic heterocycles. The number of aromatic nitrogens is 1. The number of carboxylic acids is 1. The van der Waals surface area contributed by atoms with Crippen LogP contribution >= 0.6 is 0 Å². The van der Waals surface area contributed by atoms with Crippen molar-refractivity contribution in [2.45, 2.75) is 0 Å². The molecule has 6 nitrogen and oxygen atoms in total. The predicted molar refractivity (Wildman–Crippen MR) is 63.8 cm³/mol. The van der Waals surface area contributed by atoms with Crippen molar-refractivity contribution in [3.8, 4) is 5.75 Å². The van der Waals surface area contributed by atoms with Crippen LogP contribution in [0.3, 0.4) is 0 Å². The van der Waals surface area contributed by atoms with E-state index in [4.69, 9.17) is 5.11 Å². The molecule has 0 fully saturated rings. The molecular weight excluding hydrogens is 236 g/mol. The fourth-order valence-electron chi connectivity index (χ4n) is 1.46. The van der Waals surface area contributed by atoms with Crippen molar-refractivity contribution in [2.75, 3.05) is 5.32 Å². The zero-order valence-electron chi connectivity index (χ0n) is 9.18. The largest absolute Gasteiger partial charge is 0.507 e. The van der Waals surface area contributed by atoms with Crippen molar-refractivity contribution in [3.05, 3.63) is 47.8 Å². The Labute approximate surface area is 102 Å². The average molecular weight is 246 g/mol. The van der Waals surface area contributed by atoms with Crippen molar-refractivity contribution < 1.29 is 19.8 Å². The van der Waals surface area contributed by atoms with E-state index < -0.39 is 5.97 Å². The number of carboxylic acid groups (broad SMARTS) is 1. The van der Waals surface area contributed by atoms with Crippen molar-refractivity contribution in [1.82, 2.24) is 4.98 Å². The first kappa shape index (κ1) is 11.7. The monoisotopic (exact) mass is 246 g/mol. The number of hydrogen-bond acceptors (Lipinski definition) is 3. The lowest BCUT2D eigenvalue weighted by molar-refractivity contribution is 0.0693. The van der Waals surface area contributed by atoms with Crippen molar-refractivity contribution in [3.63, 3.8) is 0 Å². The molecule has 1 aromatic heterocycles. The van der Waals surface area contributed by atoms with Gasteiger partial charge in [0.2, 0.25) is 0 Å². The second-order valence-electron chi connectivity index (χ2n) is 3.58. The third-order valence-corrected chi connectivity index (χ3v) is 2.33. The summed E-state index contributed by atoms with van der Waals surface area (Å²) in [5.41, 5.74) is 0.393. The van der Waals surface area contributed by atoms with Gasteiger partial charge in [-0.05, 0) is 30.3 Å². The van der Waals surface area contributed by atoms with E-state index in [1.165, 1.54) is 18.2 Å². The normalized spacial score (nSPS) is 10.0. The Hall–Kier alpha value is -2.76. The van der Waals surface area contributed by atoms with Gasteiger partial charge in [-0.2, -0.15) is 0 Å². The van der Waals surface area contributed by atoms with E-state index in [1.54, 1.807) is 18.3 Å². The van der Waals surface area contributed by atoms with Crippen LogP contribution in [-0.2, 0) is 0 Å². The summed E-state index contributed by atoms with van der Waals surface area (Å²) in [6.45, 7) is 0. The molecule has 0 aliphatic rings. The maximum atomic E-state index is 11.7. The number of carbonyl (C=O) groups excluding carboxylic acids is 1. The summed E-state index contributed by atoms with van der Waals surface area (Å²) in [5, 5.41) is 20.7. The highest BCUT2D eigenvalue weighted by Gasteiger charge is 2.12. The Morgan fingerprint density at radius 1 is 1.22 bits per heavy atom. The number of amides is 1. The summed E-state index contributed by atoms with van der Waals surface area (Å²) in [6.07, 6.45) is 1.61. The number of carbonyl (C=O) groups is 2. The standard InChI is InChI=1S/C12H10N2O4/c15-10-4-3-7(6-8(10)12(17)18)14-11(16)9-2-1-5-13-9/h1-6,13,15H,(H,14,16)(H,17,18). The predicted octanol–water partition coefficient (Wildman–Crippen LogP) is 1.67. The smallest absolute Gasteiger partial charge is 0.339 e. The molecule has 6 heteroatoms. The summed E-state index contributed by atoms with van der Waals surface area (Å²) in [5.74, 6) is -1.99. The van der Waals surface area contributed by atoms with E-state index in [2.05, 4.69) is 10.3 Å². The maximum absolute atomic E-state index is 11.7. The summed E-state index contributed by atoms with van der Waals surface area (Å²) in [7, 11) is 0. The summed E-state index contributed by atoms with van der Waals surface area (Å²) in [6, 6.07) is 7.09. The molecule has 0 bridgehead atoms. The second kappa shape index (κ2) is 4.62. The van der Waals surface area contributed by atoms with Gasteiger partial charge in [-0.15, -0.1) is 0 Å². The molecule has 18 heavy (non-hydrogen) atoms. The lowest BCUT2D eigenvalue weighted by Gasteiger charge is -2.06. The highest BCUT2D eigenvalue weighted by atomic mass is 16.4. The first-order valence-electron chi connectivity index (χ1n) is 5.09. The van der Waals surface area contributed by atoms with Crippen LogP contribution in [-0.4, -0.2) is 27.1 Å². The van der Waals surface area contributed by atoms with E-state index in [1.807, 2.05) is 0 Å². The van der Waals surface area contributed by atoms with Crippen LogP contribution in [0.15, 0.2) is 36.5 Å². The summed E-state index contributed by atoms with van der Waals surface area (Å²) < 4.78 is 0. The Morgan fingerprint density at radius 3 is 2.61 bits per heavy atom. The first-order valence-corrected chi connectivity index (χ1v) is 5.09. The number of rotatable bonds is 3. The van der Waals surface area contributed by atoms with Gasteiger partial charge >= 0.3 is 5.97 Å². The minimum atomic E-state index is -1.26. The summed E-state index contributed by atoms with van der Waals surface area (Å²) >= 11 is 0. The number of H-pyrrole nitrogens is 1. The van der Waals surface area contributed by atoms with E-state index in [0.29, 0.717) is 11.4 Å². The van der Waals surface area contributed by atoms with E-state index in [0.717, 1.165) is 0 Å². The lowest BCUT2D eigenvalue weighted by atomic mass is 10.2. The van der Waals surface area contributed by atoms with Gasteiger partial charge in [0.1, 0.15) is 17.0 Å². The second-order valence-corrected chi connectivity index (χ2v) is 3.58. The molecule has 0 saturated carbocycles.